The third-order valence-corrected chi connectivity index (χ3v) is 3.84. The van der Waals surface area contributed by atoms with Gasteiger partial charge in [-0.3, -0.25) is 9.59 Å². The van der Waals surface area contributed by atoms with Gasteiger partial charge in [-0.15, -0.1) is 12.4 Å². The molecular weight excluding hydrogens is 302 g/mol. The zero-order valence-corrected chi connectivity index (χ0v) is 13.7. The fourth-order valence-electron chi connectivity index (χ4n) is 2.56. The summed E-state index contributed by atoms with van der Waals surface area (Å²) in [5.41, 5.74) is 7.71. The molecule has 0 saturated carbocycles. The average Bonchev–Trinajstić information content (AvgIpc) is 2.50. The van der Waals surface area contributed by atoms with Crippen molar-refractivity contribution in [2.24, 2.45) is 0 Å². The second kappa shape index (κ2) is 8.63. The Balaban J connectivity index is 0.00000242. The van der Waals surface area contributed by atoms with Crippen LogP contribution in [0.5, 0.6) is 0 Å². The van der Waals surface area contributed by atoms with Gasteiger partial charge in [-0.05, 0) is 43.9 Å². The van der Waals surface area contributed by atoms with Crippen LogP contribution in [0.25, 0.3) is 0 Å². The average molecular weight is 326 g/mol. The number of nitrogen functional groups attached to an aromatic ring is 1. The summed E-state index contributed by atoms with van der Waals surface area (Å²) in [6.45, 7) is 3.93. The molecule has 1 saturated heterocycles. The first-order chi connectivity index (χ1) is 10.1. The van der Waals surface area contributed by atoms with Gasteiger partial charge in [-0.1, -0.05) is 6.07 Å². The van der Waals surface area contributed by atoms with Crippen LogP contribution in [0.2, 0.25) is 0 Å². The van der Waals surface area contributed by atoms with Crippen LogP contribution >= 0.6 is 12.4 Å². The zero-order valence-electron chi connectivity index (χ0n) is 12.9. The first kappa shape index (κ1) is 18.3. The molecule has 1 aromatic carbocycles. The van der Waals surface area contributed by atoms with Crippen LogP contribution in [0.15, 0.2) is 18.2 Å². The molecule has 1 heterocycles. The lowest BCUT2D eigenvalue weighted by atomic mass is 10.1. The first-order valence-corrected chi connectivity index (χ1v) is 7.50. The number of carbonyl (C=O) groups is 2. The quantitative estimate of drug-likeness (QED) is 0.833. The molecule has 22 heavy (non-hydrogen) atoms. The van der Waals surface area contributed by atoms with E-state index in [1.165, 1.54) is 6.42 Å². The molecule has 0 radical (unpaired) electrons. The molecule has 0 aliphatic carbocycles. The van der Waals surface area contributed by atoms with E-state index < -0.39 is 0 Å². The van der Waals surface area contributed by atoms with Gasteiger partial charge in [0, 0.05) is 37.3 Å². The number of likely N-dealkylation sites (tertiary alicyclic amines) is 1. The molecule has 2 amide bonds. The topological polar surface area (TPSA) is 75.4 Å². The van der Waals surface area contributed by atoms with Gasteiger partial charge >= 0.3 is 0 Å². The molecule has 0 atom stereocenters. The van der Waals surface area contributed by atoms with Crippen LogP contribution < -0.4 is 11.1 Å². The molecule has 6 heteroatoms. The smallest absolute Gasteiger partial charge is 0.251 e. The number of nitrogens with one attached hydrogen (secondary N) is 1. The minimum Gasteiger partial charge on any atom is -0.399 e. The lowest BCUT2D eigenvalue weighted by molar-refractivity contribution is -0.131. The molecule has 0 aromatic heterocycles. The summed E-state index contributed by atoms with van der Waals surface area (Å²) in [5.74, 6) is -0.0504. The van der Waals surface area contributed by atoms with Gasteiger partial charge in [-0.2, -0.15) is 0 Å². The van der Waals surface area contributed by atoms with Crippen molar-refractivity contribution in [1.29, 1.82) is 0 Å². The predicted octanol–water partition coefficient (Wildman–Crippen LogP) is 2.13. The van der Waals surface area contributed by atoms with Crippen molar-refractivity contribution in [2.45, 2.75) is 32.6 Å². The monoisotopic (exact) mass is 325 g/mol. The number of nitrogens with zero attached hydrogens (tertiary/aromatic N) is 1. The van der Waals surface area contributed by atoms with Gasteiger partial charge in [-0.25, -0.2) is 0 Å². The highest BCUT2D eigenvalue weighted by Gasteiger charge is 2.16. The highest BCUT2D eigenvalue weighted by atomic mass is 35.5. The number of aryl methyl sites for hydroxylation is 1. The lowest BCUT2D eigenvalue weighted by Crippen LogP contribution is -2.37. The van der Waals surface area contributed by atoms with Gasteiger partial charge in [0.05, 0.1) is 0 Å². The minimum atomic E-state index is -0.175. The van der Waals surface area contributed by atoms with E-state index in [1.807, 2.05) is 17.9 Å². The summed E-state index contributed by atoms with van der Waals surface area (Å²) in [6, 6.07) is 5.26. The number of hydrogen-bond donors (Lipinski definition) is 2. The number of carbonyl (C=O) groups excluding carboxylic acids is 2. The third kappa shape index (κ3) is 4.91. The van der Waals surface area contributed by atoms with E-state index in [4.69, 9.17) is 5.73 Å². The maximum Gasteiger partial charge on any atom is 0.251 e. The molecule has 0 bridgehead atoms. The fourth-order valence-corrected chi connectivity index (χ4v) is 2.56. The van der Waals surface area contributed by atoms with Crippen molar-refractivity contribution < 1.29 is 9.59 Å². The van der Waals surface area contributed by atoms with E-state index in [-0.39, 0.29) is 24.2 Å². The van der Waals surface area contributed by atoms with E-state index in [0.29, 0.717) is 24.2 Å². The van der Waals surface area contributed by atoms with Gasteiger partial charge in [0.1, 0.15) is 0 Å². The fraction of sp³-hybridized carbons (Fsp3) is 0.500. The lowest BCUT2D eigenvalue weighted by Gasteiger charge is -2.26. The Morgan fingerprint density at radius 3 is 2.59 bits per heavy atom. The Hall–Kier alpha value is -1.75. The van der Waals surface area contributed by atoms with Crippen molar-refractivity contribution in [1.82, 2.24) is 10.2 Å². The summed E-state index contributed by atoms with van der Waals surface area (Å²) in [6.07, 6.45) is 3.73. The van der Waals surface area contributed by atoms with Crippen LogP contribution in [0, 0.1) is 6.92 Å². The van der Waals surface area contributed by atoms with Crippen molar-refractivity contribution in [3.8, 4) is 0 Å². The molecule has 1 aliphatic rings. The van der Waals surface area contributed by atoms with Crippen LogP contribution in [-0.4, -0.2) is 36.3 Å². The normalized spacial score (nSPS) is 14.1. The van der Waals surface area contributed by atoms with E-state index in [2.05, 4.69) is 5.32 Å². The second-order valence-electron chi connectivity index (χ2n) is 5.52. The molecule has 122 valence electrons. The van der Waals surface area contributed by atoms with Crippen molar-refractivity contribution in [3.63, 3.8) is 0 Å². The highest BCUT2D eigenvalue weighted by Crippen LogP contribution is 2.13. The maximum absolute atomic E-state index is 12.1. The molecular formula is C16H24ClN3O2. The number of amides is 2. The highest BCUT2D eigenvalue weighted by molar-refractivity contribution is 5.96. The Labute approximate surface area is 137 Å². The summed E-state index contributed by atoms with van der Waals surface area (Å²) in [5, 5.41) is 2.80. The summed E-state index contributed by atoms with van der Waals surface area (Å²) in [4.78, 5) is 26.0. The van der Waals surface area contributed by atoms with Gasteiger partial charge in [0.25, 0.3) is 5.91 Å². The van der Waals surface area contributed by atoms with Gasteiger partial charge in [0.2, 0.25) is 5.91 Å². The van der Waals surface area contributed by atoms with E-state index in [1.54, 1.807) is 12.1 Å². The van der Waals surface area contributed by atoms with Gasteiger partial charge in [0.15, 0.2) is 0 Å². The standard InChI is InChI=1S/C16H23N3O2.ClH/c1-12-5-6-13(17)11-14(12)16(21)18-8-7-15(20)19-9-3-2-4-10-19;/h5-6,11H,2-4,7-10,17H2,1H3,(H,18,21);1H. The van der Waals surface area contributed by atoms with Crippen LogP contribution in [-0.2, 0) is 4.79 Å². The van der Waals surface area contributed by atoms with E-state index in [0.717, 1.165) is 31.5 Å². The molecule has 3 N–H and O–H groups in total. The molecule has 1 aliphatic heterocycles. The van der Waals surface area contributed by atoms with Crippen molar-refractivity contribution in [2.75, 3.05) is 25.4 Å². The van der Waals surface area contributed by atoms with Crippen molar-refractivity contribution in [3.05, 3.63) is 29.3 Å². The molecule has 5 nitrogen and oxygen atoms in total. The largest absolute Gasteiger partial charge is 0.399 e. The SMILES string of the molecule is Cc1ccc(N)cc1C(=O)NCCC(=O)N1CCCCC1.Cl. The van der Waals surface area contributed by atoms with Crippen LogP contribution in [0.3, 0.4) is 0 Å². The number of hydrogen-bond acceptors (Lipinski definition) is 3. The Morgan fingerprint density at radius 2 is 1.91 bits per heavy atom. The third-order valence-electron chi connectivity index (χ3n) is 3.84. The molecule has 1 fully saturated rings. The first-order valence-electron chi connectivity index (χ1n) is 7.50. The van der Waals surface area contributed by atoms with Crippen LogP contribution in [0.4, 0.5) is 5.69 Å². The number of halogens is 1. The Kier molecular flexibility index (Phi) is 7.18. The number of anilines is 1. The summed E-state index contributed by atoms with van der Waals surface area (Å²) >= 11 is 0. The second-order valence-corrected chi connectivity index (χ2v) is 5.52. The molecule has 0 unspecified atom stereocenters. The molecule has 0 spiro atoms. The molecule has 2 rings (SSSR count). The van der Waals surface area contributed by atoms with E-state index >= 15 is 0 Å². The number of benzene rings is 1. The van der Waals surface area contributed by atoms with Crippen LogP contribution in [0.1, 0.15) is 41.6 Å². The maximum atomic E-state index is 12.1. The summed E-state index contributed by atoms with van der Waals surface area (Å²) < 4.78 is 0. The zero-order chi connectivity index (χ0) is 15.2. The Bertz CT molecular complexity index is 528. The number of nitrogens with two attached hydrogens (primary N) is 1. The van der Waals surface area contributed by atoms with E-state index in [9.17, 15) is 9.59 Å². The molecule has 1 aromatic rings. The minimum absolute atomic E-state index is 0. The predicted molar refractivity (Wildman–Crippen MR) is 90.2 cm³/mol. The Morgan fingerprint density at radius 1 is 1.23 bits per heavy atom. The number of rotatable bonds is 4. The summed E-state index contributed by atoms with van der Waals surface area (Å²) in [7, 11) is 0. The van der Waals surface area contributed by atoms with Crippen molar-refractivity contribution >= 4 is 29.9 Å². The van der Waals surface area contributed by atoms with Gasteiger partial charge < -0.3 is 16.0 Å². The number of piperidine rings is 1.